The number of nitrogens with one attached hydrogen (secondary N) is 2. The first-order valence-electron chi connectivity index (χ1n) is 5.99. The smallest absolute Gasteiger partial charge is 0.319 e. The SMILES string of the molecule is COc1cc(NC(=O)NC(C)C(C)C(=O)O)ccc1F. The van der Waals surface area contributed by atoms with Crippen molar-refractivity contribution in [3.05, 3.63) is 24.0 Å². The third-order valence-electron chi connectivity index (χ3n) is 2.91. The number of carbonyl (C=O) groups is 2. The molecule has 0 saturated carbocycles. The first-order chi connectivity index (χ1) is 9.35. The Morgan fingerprint density at radius 2 is 2.00 bits per heavy atom. The Morgan fingerprint density at radius 1 is 1.35 bits per heavy atom. The number of benzene rings is 1. The van der Waals surface area contributed by atoms with Crippen LogP contribution in [0.3, 0.4) is 0 Å². The topological polar surface area (TPSA) is 87.7 Å². The van der Waals surface area contributed by atoms with E-state index in [1.54, 1.807) is 6.92 Å². The maximum absolute atomic E-state index is 13.2. The van der Waals surface area contributed by atoms with Crippen LogP contribution in [0.1, 0.15) is 13.8 Å². The Balaban J connectivity index is 2.65. The quantitative estimate of drug-likeness (QED) is 0.772. The summed E-state index contributed by atoms with van der Waals surface area (Å²) in [6.07, 6.45) is 0. The molecule has 6 nitrogen and oxygen atoms in total. The standard InChI is InChI=1S/C13H17FN2O4/c1-7(12(17)18)8(2)15-13(19)16-9-4-5-10(14)11(6-9)20-3/h4-8H,1-3H3,(H,17,18)(H2,15,16,19). The third kappa shape index (κ3) is 4.11. The highest BCUT2D eigenvalue weighted by molar-refractivity contribution is 5.90. The molecule has 0 aliphatic carbocycles. The van der Waals surface area contributed by atoms with Gasteiger partial charge in [-0.05, 0) is 26.0 Å². The summed E-state index contributed by atoms with van der Waals surface area (Å²) < 4.78 is 18.0. The van der Waals surface area contributed by atoms with Gasteiger partial charge in [0.05, 0.1) is 13.0 Å². The molecule has 0 spiro atoms. The summed E-state index contributed by atoms with van der Waals surface area (Å²) in [6, 6.07) is 2.76. The summed E-state index contributed by atoms with van der Waals surface area (Å²) >= 11 is 0. The molecule has 1 rings (SSSR count). The zero-order valence-electron chi connectivity index (χ0n) is 11.4. The Morgan fingerprint density at radius 3 is 2.55 bits per heavy atom. The van der Waals surface area contributed by atoms with Crippen LogP contribution in [-0.2, 0) is 4.79 Å². The van der Waals surface area contributed by atoms with E-state index in [0.29, 0.717) is 5.69 Å². The van der Waals surface area contributed by atoms with Crippen LogP contribution < -0.4 is 15.4 Å². The van der Waals surface area contributed by atoms with Crippen LogP contribution in [0.2, 0.25) is 0 Å². The molecule has 3 N–H and O–H groups in total. The molecule has 7 heteroatoms. The average Bonchev–Trinajstić information content (AvgIpc) is 2.39. The van der Waals surface area contributed by atoms with E-state index in [4.69, 9.17) is 9.84 Å². The van der Waals surface area contributed by atoms with Gasteiger partial charge >= 0.3 is 12.0 Å². The van der Waals surface area contributed by atoms with Crippen LogP contribution >= 0.6 is 0 Å². The maximum Gasteiger partial charge on any atom is 0.319 e. The van der Waals surface area contributed by atoms with E-state index < -0.39 is 29.8 Å². The third-order valence-corrected chi connectivity index (χ3v) is 2.91. The second kappa shape index (κ2) is 6.74. The number of carboxylic acid groups (broad SMARTS) is 1. The van der Waals surface area contributed by atoms with Gasteiger partial charge in [-0.3, -0.25) is 4.79 Å². The lowest BCUT2D eigenvalue weighted by atomic mass is 10.0. The minimum Gasteiger partial charge on any atom is -0.494 e. The van der Waals surface area contributed by atoms with Gasteiger partial charge in [0.25, 0.3) is 0 Å². The normalized spacial score (nSPS) is 13.2. The van der Waals surface area contributed by atoms with Crippen molar-refractivity contribution < 1.29 is 23.8 Å². The molecule has 2 amide bonds. The Bertz CT molecular complexity index is 507. The van der Waals surface area contributed by atoms with Gasteiger partial charge in [0.2, 0.25) is 0 Å². The number of halogens is 1. The number of urea groups is 1. The monoisotopic (exact) mass is 284 g/mol. The number of carbonyl (C=O) groups excluding carboxylic acids is 1. The lowest BCUT2D eigenvalue weighted by molar-refractivity contribution is -0.141. The van der Waals surface area contributed by atoms with Crippen molar-refractivity contribution in [2.75, 3.05) is 12.4 Å². The van der Waals surface area contributed by atoms with Gasteiger partial charge in [-0.2, -0.15) is 0 Å². The molecule has 0 aromatic heterocycles. The molecule has 0 bridgehead atoms. The molecular weight excluding hydrogens is 267 g/mol. The fraction of sp³-hybridized carbons (Fsp3) is 0.385. The van der Waals surface area contributed by atoms with Crippen molar-refractivity contribution in [3.8, 4) is 5.75 Å². The predicted octanol–water partition coefficient (Wildman–Crippen LogP) is 2.06. The summed E-state index contributed by atoms with van der Waals surface area (Å²) in [4.78, 5) is 22.5. The van der Waals surface area contributed by atoms with Crippen LogP contribution in [0.5, 0.6) is 5.75 Å². The van der Waals surface area contributed by atoms with Crippen molar-refractivity contribution in [1.82, 2.24) is 5.32 Å². The molecule has 20 heavy (non-hydrogen) atoms. The van der Waals surface area contributed by atoms with Crippen LogP contribution in [-0.4, -0.2) is 30.3 Å². The van der Waals surface area contributed by atoms with Gasteiger partial charge in [0, 0.05) is 17.8 Å². The highest BCUT2D eigenvalue weighted by atomic mass is 19.1. The molecule has 1 aromatic rings. The van der Waals surface area contributed by atoms with E-state index in [2.05, 4.69) is 10.6 Å². The second-order valence-corrected chi connectivity index (χ2v) is 4.36. The van der Waals surface area contributed by atoms with Gasteiger partial charge in [0.1, 0.15) is 0 Å². The van der Waals surface area contributed by atoms with Crippen LogP contribution in [0.15, 0.2) is 18.2 Å². The van der Waals surface area contributed by atoms with E-state index in [1.807, 2.05) is 0 Å². The Labute approximate surface area is 115 Å². The lowest BCUT2D eigenvalue weighted by Gasteiger charge is -2.18. The number of methoxy groups -OCH3 is 1. The first-order valence-corrected chi connectivity index (χ1v) is 5.99. The van der Waals surface area contributed by atoms with Gasteiger partial charge in [-0.1, -0.05) is 0 Å². The van der Waals surface area contributed by atoms with Crippen molar-refractivity contribution in [2.45, 2.75) is 19.9 Å². The van der Waals surface area contributed by atoms with Gasteiger partial charge in [-0.15, -0.1) is 0 Å². The molecule has 110 valence electrons. The minimum absolute atomic E-state index is 0.00903. The number of hydrogen-bond acceptors (Lipinski definition) is 3. The zero-order chi connectivity index (χ0) is 15.3. The average molecular weight is 284 g/mol. The number of hydrogen-bond donors (Lipinski definition) is 3. The fourth-order valence-electron chi connectivity index (χ4n) is 1.45. The number of amides is 2. The number of rotatable bonds is 5. The summed E-state index contributed by atoms with van der Waals surface area (Å²) in [5.74, 6) is -2.24. The summed E-state index contributed by atoms with van der Waals surface area (Å²) in [5.41, 5.74) is 0.343. The maximum atomic E-state index is 13.2. The van der Waals surface area contributed by atoms with Crippen molar-refractivity contribution in [1.29, 1.82) is 0 Å². The molecule has 0 radical (unpaired) electrons. The van der Waals surface area contributed by atoms with Crippen molar-refractivity contribution in [2.24, 2.45) is 5.92 Å². The second-order valence-electron chi connectivity index (χ2n) is 4.36. The summed E-state index contributed by atoms with van der Waals surface area (Å²) in [7, 11) is 1.32. The highest BCUT2D eigenvalue weighted by Crippen LogP contribution is 2.21. The van der Waals surface area contributed by atoms with Crippen LogP contribution in [0, 0.1) is 11.7 Å². The molecular formula is C13H17FN2O4. The molecule has 0 fully saturated rings. The minimum atomic E-state index is -0.999. The Kier molecular flexibility index (Phi) is 5.31. The number of ether oxygens (including phenoxy) is 1. The summed E-state index contributed by atoms with van der Waals surface area (Å²) in [6.45, 7) is 3.08. The Hall–Kier alpha value is -2.31. The number of aliphatic carboxylic acids is 1. The first kappa shape index (κ1) is 15.7. The van der Waals surface area contributed by atoms with E-state index in [0.717, 1.165) is 6.07 Å². The summed E-state index contributed by atoms with van der Waals surface area (Å²) in [5, 5.41) is 13.8. The van der Waals surface area contributed by atoms with Gasteiger partial charge in [-0.25, -0.2) is 9.18 Å². The van der Waals surface area contributed by atoms with E-state index in [1.165, 1.54) is 26.2 Å². The highest BCUT2D eigenvalue weighted by Gasteiger charge is 2.21. The molecule has 0 saturated heterocycles. The van der Waals surface area contributed by atoms with E-state index in [9.17, 15) is 14.0 Å². The van der Waals surface area contributed by atoms with Gasteiger partial charge < -0.3 is 20.5 Å². The van der Waals surface area contributed by atoms with Crippen LogP contribution in [0.25, 0.3) is 0 Å². The van der Waals surface area contributed by atoms with Crippen molar-refractivity contribution in [3.63, 3.8) is 0 Å². The van der Waals surface area contributed by atoms with Gasteiger partial charge in [0.15, 0.2) is 11.6 Å². The molecule has 0 aliphatic rings. The van der Waals surface area contributed by atoms with Crippen molar-refractivity contribution >= 4 is 17.7 Å². The molecule has 0 heterocycles. The number of anilines is 1. The molecule has 2 unspecified atom stereocenters. The predicted molar refractivity (Wildman–Crippen MR) is 71.4 cm³/mol. The molecule has 1 aromatic carbocycles. The van der Waals surface area contributed by atoms with Crippen LogP contribution in [0.4, 0.5) is 14.9 Å². The molecule has 2 atom stereocenters. The zero-order valence-corrected chi connectivity index (χ0v) is 11.4. The molecule has 0 aliphatic heterocycles. The number of carboxylic acids is 1. The van der Waals surface area contributed by atoms with E-state index >= 15 is 0 Å². The fourth-order valence-corrected chi connectivity index (χ4v) is 1.45. The largest absolute Gasteiger partial charge is 0.494 e. The lowest BCUT2D eigenvalue weighted by Crippen LogP contribution is -2.42. The van der Waals surface area contributed by atoms with E-state index in [-0.39, 0.29) is 5.75 Å².